The predicted molar refractivity (Wildman–Crippen MR) is 43.6 cm³/mol. The first-order valence-corrected chi connectivity index (χ1v) is 4.01. The molecule has 0 unspecified atom stereocenters. The van der Waals surface area contributed by atoms with E-state index in [0.29, 0.717) is 12.0 Å². The van der Waals surface area contributed by atoms with Crippen molar-refractivity contribution in [1.29, 1.82) is 0 Å². The van der Waals surface area contributed by atoms with E-state index in [1.807, 2.05) is 6.92 Å². The smallest absolute Gasteiger partial charge is 0.166 e. The van der Waals surface area contributed by atoms with E-state index in [0.717, 1.165) is 5.56 Å². The summed E-state index contributed by atoms with van der Waals surface area (Å²) >= 11 is 0. The van der Waals surface area contributed by atoms with Crippen molar-refractivity contribution in [3.8, 4) is 0 Å². The Morgan fingerprint density at radius 2 is 2.25 bits per heavy atom. The third-order valence-electron chi connectivity index (χ3n) is 2.31. The molecule has 62 valence electrons. The lowest BCUT2D eigenvalue weighted by atomic mass is 10.1. The van der Waals surface area contributed by atoms with Crippen LogP contribution in [0.25, 0.3) is 0 Å². The molecule has 0 saturated heterocycles. The van der Waals surface area contributed by atoms with E-state index in [2.05, 4.69) is 0 Å². The number of hydrogen-bond acceptors (Lipinski definition) is 1. The fourth-order valence-electron chi connectivity index (χ4n) is 1.66. The van der Waals surface area contributed by atoms with Gasteiger partial charge in [-0.15, -0.1) is 0 Å². The largest absolute Gasteiger partial charge is 0.294 e. The van der Waals surface area contributed by atoms with Gasteiger partial charge in [0.25, 0.3) is 0 Å². The third-order valence-corrected chi connectivity index (χ3v) is 2.31. The monoisotopic (exact) mass is 164 g/mol. The predicted octanol–water partition coefficient (Wildman–Crippen LogP) is 2.20. The van der Waals surface area contributed by atoms with Crippen molar-refractivity contribution >= 4 is 5.78 Å². The van der Waals surface area contributed by atoms with Gasteiger partial charge in [0.1, 0.15) is 5.82 Å². The van der Waals surface area contributed by atoms with Crippen molar-refractivity contribution in [2.75, 3.05) is 0 Å². The summed E-state index contributed by atoms with van der Waals surface area (Å²) in [6, 6.07) is 4.38. The zero-order chi connectivity index (χ0) is 8.72. The van der Waals surface area contributed by atoms with E-state index in [9.17, 15) is 9.18 Å². The van der Waals surface area contributed by atoms with Crippen molar-refractivity contribution < 1.29 is 9.18 Å². The van der Waals surface area contributed by atoms with E-state index >= 15 is 0 Å². The summed E-state index contributed by atoms with van der Waals surface area (Å²) in [6.07, 6.45) is 0.686. The third kappa shape index (κ3) is 0.951. The van der Waals surface area contributed by atoms with Crippen molar-refractivity contribution in [3.05, 3.63) is 35.1 Å². The van der Waals surface area contributed by atoms with Gasteiger partial charge in [0, 0.05) is 11.5 Å². The summed E-state index contributed by atoms with van der Waals surface area (Å²) in [5.74, 6) is -0.0811. The molecule has 0 aromatic heterocycles. The van der Waals surface area contributed by atoms with Gasteiger partial charge in [0.15, 0.2) is 5.78 Å². The van der Waals surface area contributed by atoms with Crippen LogP contribution in [0.5, 0.6) is 0 Å². The van der Waals surface area contributed by atoms with Gasteiger partial charge in [-0.25, -0.2) is 4.39 Å². The second-order valence-corrected chi connectivity index (χ2v) is 3.27. The lowest BCUT2D eigenvalue weighted by molar-refractivity contribution is 0.0946. The first-order valence-electron chi connectivity index (χ1n) is 4.01. The zero-order valence-corrected chi connectivity index (χ0v) is 6.80. The lowest BCUT2D eigenvalue weighted by Gasteiger charge is -1.94. The molecule has 0 spiro atoms. The van der Waals surface area contributed by atoms with Crippen LogP contribution in [0.1, 0.15) is 22.8 Å². The molecular formula is C10H9FO. The number of halogens is 1. The maximum atomic E-state index is 12.7. The quantitative estimate of drug-likeness (QED) is 0.574. The number of ketones is 1. The fraction of sp³-hybridized carbons (Fsp3) is 0.300. The van der Waals surface area contributed by atoms with Crippen LogP contribution in [0.2, 0.25) is 0 Å². The number of carbonyl (C=O) groups excluding carboxylic acids is 1. The number of fused-ring (bicyclic) bond motifs is 1. The average Bonchev–Trinajstić information content (AvgIpc) is 2.28. The van der Waals surface area contributed by atoms with Crippen molar-refractivity contribution in [2.24, 2.45) is 5.92 Å². The van der Waals surface area contributed by atoms with Crippen LogP contribution < -0.4 is 0 Å². The molecule has 0 N–H and O–H groups in total. The first kappa shape index (κ1) is 7.47. The van der Waals surface area contributed by atoms with Gasteiger partial charge in [0.05, 0.1) is 0 Å². The van der Waals surface area contributed by atoms with Gasteiger partial charge in [-0.05, 0) is 30.2 Å². The topological polar surface area (TPSA) is 17.1 Å². The molecule has 1 nitrogen and oxygen atoms in total. The standard InChI is InChI=1S/C10H9FO/c1-6-4-7-5-8(11)2-3-9(7)10(6)12/h2-3,5-6H,4H2,1H3/t6-/m0/s1. The van der Waals surface area contributed by atoms with Crippen LogP contribution in [0.4, 0.5) is 4.39 Å². The van der Waals surface area contributed by atoms with E-state index < -0.39 is 0 Å². The molecule has 0 bridgehead atoms. The Balaban J connectivity index is 2.54. The van der Waals surface area contributed by atoms with Crippen LogP contribution in [0, 0.1) is 11.7 Å². The van der Waals surface area contributed by atoms with Crippen LogP contribution in [0.3, 0.4) is 0 Å². The highest BCUT2D eigenvalue weighted by Gasteiger charge is 2.26. The van der Waals surface area contributed by atoms with Gasteiger partial charge >= 0.3 is 0 Å². The van der Waals surface area contributed by atoms with Crippen LogP contribution in [-0.2, 0) is 6.42 Å². The molecule has 0 aliphatic heterocycles. The van der Waals surface area contributed by atoms with Gasteiger partial charge in [-0.3, -0.25) is 4.79 Å². The second-order valence-electron chi connectivity index (χ2n) is 3.27. The first-order chi connectivity index (χ1) is 5.68. The SMILES string of the molecule is C[C@H]1Cc2cc(F)ccc2C1=O. The molecule has 12 heavy (non-hydrogen) atoms. The van der Waals surface area contributed by atoms with E-state index in [-0.39, 0.29) is 17.5 Å². The summed E-state index contributed by atoms with van der Waals surface area (Å²) < 4.78 is 12.7. The summed E-state index contributed by atoms with van der Waals surface area (Å²) in [4.78, 5) is 11.4. The molecule has 2 heteroatoms. The van der Waals surface area contributed by atoms with Gasteiger partial charge < -0.3 is 0 Å². The van der Waals surface area contributed by atoms with Gasteiger partial charge in [0.2, 0.25) is 0 Å². The van der Waals surface area contributed by atoms with Crippen molar-refractivity contribution in [2.45, 2.75) is 13.3 Å². The number of Topliss-reactive ketones (excluding diaryl/α,β-unsaturated/α-hetero) is 1. The molecule has 1 aromatic carbocycles. The molecule has 0 heterocycles. The highest BCUT2D eigenvalue weighted by Crippen LogP contribution is 2.26. The summed E-state index contributed by atoms with van der Waals surface area (Å²) in [5.41, 5.74) is 1.55. The van der Waals surface area contributed by atoms with Crippen LogP contribution >= 0.6 is 0 Å². The van der Waals surface area contributed by atoms with Gasteiger partial charge in [-0.2, -0.15) is 0 Å². The Morgan fingerprint density at radius 1 is 1.50 bits per heavy atom. The maximum Gasteiger partial charge on any atom is 0.166 e. The number of carbonyl (C=O) groups is 1. The minimum atomic E-state index is -0.254. The summed E-state index contributed by atoms with van der Waals surface area (Å²) in [5, 5.41) is 0. The maximum absolute atomic E-state index is 12.7. The Hall–Kier alpha value is -1.18. The average molecular weight is 164 g/mol. The Bertz CT molecular complexity index is 344. The van der Waals surface area contributed by atoms with Crippen LogP contribution in [-0.4, -0.2) is 5.78 Å². The Morgan fingerprint density at radius 3 is 3.00 bits per heavy atom. The molecule has 2 rings (SSSR count). The molecule has 0 radical (unpaired) electrons. The molecule has 1 atom stereocenters. The minimum Gasteiger partial charge on any atom is -0.294 e. The molecule has 1 aliphatic rings. The lowest BCUT2D eigenvalue weighted by Crippen LogP contribution is -2.02. The van der Waals surface area contributed by atoms with E-state index in [1.165, 1.54) is 12.1 Å². The van der Waals surface area contributed by atoms with Gasteiger partial charge in [-0.1, -0.05) is 6.92 Å². The Labute approximate surface area is 70.2 Å². The zero-order valence-electron chi connectivity index (χ0n) is 6.80. The molecule has 0 saturated carbocycles. The minimum absolute atomic E-state index is 0.0294. The number of rotatable bonds is 0. The van der Waals surface area contributed by atoms with E-state index in [1.54, 1.807) is 6.07 Å². The molecule has 1 aromatic rings. The molecule has 1 aliphatic carbocycles. The van der Waals surface area contributed by atoms with E-state index in [4.69, 9.17) is 0 Å². The highest BCUT2D eigenvalue weighted by atomic mass is 19.1. The molecular weight excluding hydrogens is 155 g/mol. The second kappa shape index (κ2) is 2.41. The summed E-state index contributed by atoms with van der Waals surface area (Å²) in [7, 11) is 0. The van der Waals surface area contributed by atoms with Crippen molar-refractivity contribution in [3.63, 3.8) is 0 Å². The molecule has 0 amide bonds. The fourth-order valence-corrected chi connectivity index (χ4v) is 1.66. The normalized spacial score (nSPS) is 21.2. The number of hydrogen-bond donors (Lipinski definition) is 0. The Kier molecular flexibility index (Phi) is 1.50. The number of benzene rings is 1. The molecule has 0 fully saturated rings. The van der Waals surface area contributed by atoms with Crippen LogP contribution in [0.15, 0.2) is 18.2 Å². The highest BCUT2D eigenvalue weighted by molar-refractivity contribution is 6.01. The summed E-state index contributed by atoms with van der Waals surface area (Å²) in [6.45, 7) is 1.88. The van der Waals surface area contributed by atoms with Crippen molar-refractivity contribution in [1.82, 2.24) is 0 Å².